The maximum atomic E-state index is 13.0. The fraction of sp³-hybridized carbons (Fsp3) is 0.160. The highest BCUT2D eigenvalue weighted by molar-refractivity contribution is 6.15. The third-order valence-electron chi connectivity index (χ3n) is 4.85. The number of benzene rings is 3. The first kappa shape index (κ1) is 22.9. The summed E-state index contributed by atoms with van der Waals surface area (Å²) in [5.41, 5.74) is -0.00557. The number of alkyl halides is 3. The molecule has 0 aliphatic carbocycles. The summed E-state index contributed by atoms with van der Waals surface area (Å²) >= 11 is 0. The monoisotopic (exact) mass is 439 g/mol. The quantitative estimate of drug-likeness (QED) is 0.364. The zero-order valence-electron chi connectivity index (χ0n) is 16.9. The van der Waals surface area contributed by atoms with Crippen LogP contribution in [0.25, 0.3) is 0 Å². The number of carbonyl (C=O) groups excluding carboxylic acids is 3. The van der Waals surface area contributed by atoms with Crippen LogP contribution >= 0.6 is 0 Å². The summed E-state index contributed by atoms with van der Waals surface area (Å²) in [4.78, 5) is 38.2. The van der Waals surface area contributed by atoms with Crippen LogP contribution < -0.4 is 5.32 Å². The number of anilines is 1. The molecule has 0 saturated heterocycles. The van der Waals surface area contributed by atoms with Gasteiger partial charge in [-0.2, -0.15) is 13.2 Å². The van der Waals surface area contributed by atoms with E-state index in [1.54, 1.807) is 60.7 Å². The van der Waals surface area contributed by atoms with Gasteiger partial charge in [0.2, 0.25) is 5.91 Å². The highest BCUT2D eigenvalue weighted by Gasteiger charge is 2.31. The maximum Gasteiger partial charge on any atom is 0.416 e. The van der Waals surface area contributed by atoms with E-state index in [0.29, 0.717) is 11.1 Å². The number of rotatable bonds is 8. The van der Waals surface area contributed by atoms with Crippen LogP contribution in [0.4, 0.5) is 18.9 Å². The second-order valence-corrected chi connectivity index (χ2v) is 7.17. The van der Waals surface area contributed by atoms with Crippen molar-refractivity contribution in [2.45, 2.75) is 24.9 Å². The molecule has 7 heteroatoms. The number of hydrogen-bond donors (Lipinski definition) is 1. The van der Waals surface area contributed by atoms with Gasteiger partial charge in [-0.15, -0.1) is 0 Å². The second kappa shape index (κ2) is 10.0. The largest absolute Gasteiger partial charge is 0.416 e. The Morgan fingerprint density at radius 1 is 0.781 bits per heavy atom. The van der Waals surface area contributed by atoms with Crippen LogP contribution in [0, 0.1) is 0 Å². The fourth-order valence-electron chi connectivity index (χ4n) is 3.28. The summed E-state index contributed by atoms with van der Waals surface area (Å²) < 4.78 is 38.5. The molecule has 1 N–H and O–H groups in total. The molecule has 0 radical (unpaired) electrons. The molecule has 0 bridgehead atoms. The Labute approximate surface area is 183 Å². The average Bonchev–Trinajstić information content (AvgIpc) is 2.79. The Hall–Kier alpha value is -3.74. The molecule has 164 valence electrons. The fourth-order valence-corrected chi connectivity index (χ4v) is 3.28. The molecule has 3 rings (SSSR count). The maximum absolute atomic E-state index is 13.0. The molecule has 32 heavy (non-hydrogen) atoms. The number of ketones is 2. The summed E-state index contributed by atoms with van der Waals surface area (Å²) in [6, 6.07) is 21.2. The predicted molar refractivity (Wildman–Crippen MR) is 114 cm³/mol. The molecule has 0 unspecified atom stereocenters. The van der Waals surface area contributed by atoms with Crippen LogP contribution in [0.2, 0.25) is 0 Å². The number of Topliss-reactive ketones (excluding diaryl/α,β-unsaturated/α-hetero) is 2. The Kier molecular flexibility index (Phi) is 7.20. The zero-order chi connectivity index (χ0) is 23.1. The van der Waals surface area contributed by atoms with Gasteiger partial charge in [-0.05, 0) is 23.8 Å². The topological polar surface area (TPSA) is 63.2 Å². The zero-order valence-corrected chi connectivity index (χ0v) is 16.9. The predicted octanol–water partition coefficient (Wildman–Crippen LogP) is 5.66. The Bertz CT molecular complexity index is 1100. The lowest BCUT2D eigenvalue weighted by Crippen LogP contribution is -2.24. The summed E-state index contributed by atoms with van der Waals surface area (Å²) in [5.74, 6) is -2.50. The van der Waals surface area contributed by atoms with Gasteiger partial charge in [0.25, 0.3) is 0 Å². The third-order valence-corrected chi connectivity index (χ3v) is 4.85. The molecule has 3 aromatic carbocycles. The van der Waals surface area contributed by atoms with Crippen LogP contribution in [0.15, 0.2) is 84.9 Å². The van der Waals surface area contributed by atoms with Gasteiger partial charge in [0.1, 0.15) is 11.7 Å². The van der Waals surface area contributed by atoms with E-state index < -0.39 is 29.3 Å². The Morgan fingerprint density at radius 3 is 2.03 bits per heavy atom. The first-order chi connectivity index (χ1) is 15.3. The van der Waals surface area contributed by atoms with Crippen molar-refractivity contribution in [3.8, 4) is 0 Å². The first-order valence-electron chi connectivity index (χ1n) is 9.90. The smallest absolute Gasteiger partial charge is 0.326 e. The van der Waals surface area contributed by atoms with Crippen LogP contribution in [-0.4, -0.2) is 17.5 Å². The highest BCUT2D eigenvalue weighted by atomic mass is 19.4. The molecule has 4 nitrogen and oxygen atoms in total. The molecule has 0 heterocycles. The van der Waals surface area contributed by atoms with Crippen LogP contribution in [-0.2, 0) is 15.8 Å². The van der Waals surface area contributed by atoms with E-state index >= 15 is 0 Å². The second-order valence-electron chi connectivity index (χ2n) is 7.17. The summed E-state index contributed by atoms with van der Waals surface area (Å²) in [5, 5.41) is 2.37. The van der Waals surface area contributed by atoms with E-state index in [-0.39, 0.29) is 24.3 Å². The number of carbonyl (C=O) groups is 3. The minimum atomic E-state index is -4.53. The van der Waals surface area contributed by atoms with Gasteiger partial charge in [-0.3, -0.25) is 14.4 Å². The van der Waals surface area contributed by atoms with E-state index in [4.69, 9.17) is 0 Å². The molecule has 0 spiro atoms. The minimum Gasteiger partial charge on any atom is -0.326 e. The average molecular weight is 439 g/mol. The van der Waals surface area contributed by atoms with Crippen molar-refractivity contribution >= 4 is 23.2 Å². The van der Waals surface area contributed by atoms with Gasteiger partial charge in [0.05, 0.1) is 5.56 Å². The molecule has 3 aromatic rings. The molecule has 0 fully saturated rings. The molecule has 1 amide bonds. The number of nitrogens with one attached hydrogen (secondary N) is 1. The van der Waals surface area contributed by atoms with Crippen LogP contribution in [0.3, 0.4) is 0 Å². The lowest BCUT2D eigenvalue weighted by Gasteiger charge is -2.16. The molecular weight excluding hydrogens is 419 g/mol. The molecule has 0 saturated carbocycles. The molecule has 1 atom stereocenters. The van der Waals surface area contributed by atoms with Crippen LogP contribution in [0.5, 0.6) is 0 Å². The van der Waals surface area contributed by atoms with Gasteiger partial charge < -0.3 is 5.32 Å². The van der Waals surface area contributed by atoms with Crippen LogP contribution in [0.1, 0.15) is 40.2 Å². The number of hydrogen-bond acceptors (Lipinski definition) is 3. The lowest BCUT2D eigenvalue weighted by atomic mass is 9.85. The summed E-state index contributed by atoms with van der Waals surface area (Å²) in [6.45, 7) is 0. The van der Waals surface area contributed by atoms with Gasteiger partial charge in [0, 0.05) is 24.1 Å². The van der Waals surface area contributed by atoms with E-state index in [9.17, 15) is 27.6 Å². The Morgan fingerprint density at radius 2 is 1.41 bits per heavy atom. The van der Waals surface area contributed by atoms with E-state index in [1.165, 1.54) is 12.1 Å². The molecule has 0 aliphatic heterocycles. The highest BCUT2D eigenvalue weighted by Crippen LogP contribution is 2.30. The lowest BCUT2D eigenvalue weighted by molar-refractivity contribution is -0.137. The van der Waals surface area contributed by atoms with E-state index in [2.05, 4.69) is 5.32 Å². The van der Waals surface area contributed by atoms with Crippen molar-refractivity contribution in [3.63, 3.8) is 0 Å². The summed E-state index contributed by atoms with van der Waals surface area (Å²) in [7, 11) is 0. The normalized spacial score (nSPS) is 12.1. The van der Waals surface area contributed by atoms with Gasteiger partial charge >= 0.3 is 6.18 Å². The van der Waals surface area contributed by atoms with Gasteiger partial charge in [-0.25, -0.2) is 0 Å². The third kappa shape index (κ3) is 5.91. The van der Waals surface area contributed by atoms with Crippen molar-refractivity contribution in [2.75, 3.05) is 5.32 Å². The van der Waals surface area contributed by atoms with E-state index in [0.717, 1.165) is 12.1 Å². The minimum absolute atomic E-state index is 0.0164. The molecular formula is C25H20F3NO3. The van der Waals surface area contributed by atoms with E-state index in [1.807, 2.05) is 0 Å². The van der Waals surface area contributed by atoms with Crippen molar-refractivity contribution < 1.29 is 27.6 Å². The van der Waals surface area contributed by atoms with Crippen molar-refractivity contribution in [1.82, 2.24) is 0 Å². The SMILES string of the molecule is O=C(CCC(=O)[C@@H](C(=O)c1ccccc1)c1ccccc1)Nc1cccc(C(F)(F)F)c1. The van der Waals surface area contributed by atoms with Crippen molar-refractivity contribution in [2.24, 2.45) is 0 Å². The standard InChI is InChI=1S/C25H20F3NO3/c26-25(27,28)19-12-7-13-20(16-19)29-22(31)15-14-21(30)23(17-8-3-1-4-9-17)24(32)18-10-5-2-6-11-18/h1-13,16,23H,14-15H2,(H,29,31)/t23-/m0/s1. The van der Waals surface area contributed by atoms with Crippen molar-refractivity contribution in [1.29, 1.82) is 0 Å². The summed E-state index contributed by atoms with van der Waals surface area (Å²) in [6.07, 6.45) is -5.03. The van der Waals surface area contributed by atoms with Crippen molar-refractivity contribution in [3.05, 3.63) is 102 Å². The molecule has 0 aliphatic rings. The van der Waals surface area contributed by atoms with Gasteiger partial charge in [-0.1, -0.05) is 66.7 Å². The molecule has 0 aromatic heterocycles. The Balaban J connectivity index is 1.70. The van der Waals surface area contributed by atoms with Gasteiger partial charge in [0.15, 0.2) is 5.78 Å². The first-order valence-corrected chi connectivity index (χ1v) is 9.90. The number of amides is 1. The number of halogens is 3.